The molecular weight excluding hydrogens is 266 g/mol. The summed E-state index contributed by atoms with van der Waals surface area (Å²) in [6.07, 6.45) is 3.16. The molecule has 0 amide bonds. The molecule has 108 valence electrons. The number of hydrogen-bond donors (Lipinski definition) is 2. The maximum absolute atomic E-state index is 11.3. The van der Waals surface area contributed by atoms with E-state index in [1.165, 1.54) is 6.08 Å². The molecule has 21 heavy (non-hydrogen) atoms. The lowest BCUT2D eigenvalue weighted by atomic mass is 10.1. The van der Waals surface area contributed by atoms with E-state index in [1.54, 1.807) is 6.08 Å². The van der Waals surface area contributed by atoms with Crippen molar-refractivity contribution >= 4 is 12.0 Å². The topological polar surface area (TPSA) is 60.8 Å². The van der Waals surface area contributed by atoms with Gasteiger partial charge in [-0.3, -0.25) is 4.79 Å². The second-order valence-corrected chi connectivity index (χ2v) is 4.64. The van der Waals surface area contributed by atoms with Gasteiger partial charge in [-0.25, -0.2) is 0 Å². The highest BCUT2D eigenvalue weighted by Gasteiger charge is 2.21. The Morgan fingerprint density at radius 3 is 2.19 bits per heavy atom. The lowest BCUT2D eigenvalue weighted by Crippen LogP contribution is -2.36. The number of rotatable bonds is 6. The molecule has 0 heterocycles. The summed E-state index contributed by atoms with van der Waals surface area (Å²) in [5.74, 6) is -1.10. The number of carboxylic acids is 1. The largest absolute Gasteiger partial charge is 0.480 e. The molecular formula is C17H17NO3. The molecule has 2 N–H and O–H groups in total. The van der Waals surface area contributed by atoms with Gasteiger partial charge in [0.25, 0.3) is 0 Å². The summed E-state index contributed by atoms with van der Waals surface area (Å²) >= 11 is 0. The highest BCUT2D eigenvalue weighted by atomic mass is 16.5. The van der Waals surface area contributed by atoms with Crippen molar-refractivity contribution in [1.29, 1.82) is 0 Å². The standard InChI is InChI=1S/C17H17NO3/c19-17(20)16(12-11-14-7-3-1-4-8-14)18(21)13-15-9-5-2-6-10-15/h1-12,16,21H,13H2,(H,19,20). The normalized spacial score (nSPS) is 12.7. The Bertz CT molecular complexity index is 596. The Morgan fingerprint density at radius 2 is 1.62 bits per heavy atom. The van der Waals surface area contributed by atoms with E-state index in [0.29, 0.717) is 0 Å². The average Bonchev–Trinajstić information content (AvgIpc) is 2.49. The first-order valence-electron chi connectivity index (χ1n) is 6.62. The Balaban J connectivity index is 2.08. The summed E-state index contributed by atoms with van der Waals surface area (Å²) in [7, 11) is 0. The molecule has 4 heteroatoms. The van der Waals surface area contributed by atoms with E-state index in [2.05, 4.69) is 0 Å². The smallest absolute Gasteiger partial charge is 0.327 e. The van der Waals surface area contributed by atoms with Gasteiger partial charge in [0.2, 0.25) is 0 Å². The van der Waals surface area contributed by atoms with Gasteiger partial charge < -0.3 is 10.3 Å². The van der Waals surface area contributed by atoms with Gasteiger partial charge in [-0.1, -0.05) is 72.8 Å². The summed E-state index contributed by atoms with van der Waals surface area (Å²) < 4.78 is 0. The Kier molecular flexibility index (Phi) is 5.26. The molecule has 1 unspecified atom stereocenters. The number of nitrogens with zero attached hydrogens (tertiary/aromatic N) is 1. The molecule has 4 nitrogen and oxygen atoms in total. The summed E-state index contributed by atoms with van der Waals surface area (Å²) in [6.45, 7) is 0.150. The van der Waals surface area contributed by atoms with Crippen LogP contribution in [0.5, 0.6) is 0 Å². The molecule has 1 atom stereocenters. The zero-order chi connectivity index (χ0) is 15.1. The van der Waals surface area contributed by atoms with Gasteiger partial charge in [-0.2, -0.15) is 5.06 Å². The zero-order valence-electron chi connectivity index (χ0n) is 11.5. The van der Waals surface area contributed by atoms with Crippen LogP contribution in [0.15, 0.2) is 66.7 Å². The molecule has 2 aromatic rings. The molecule has 2 aromatic carbocycles. The van der Waals surface area contributed by atoms with Crippen LogP contribution in [-0.4, -0.2) is 27.4 Å². The third kappa shape index (κ3) is 4.56. The zero-order valence-corrected chi connectivity index (χ0v) is 11.5. The minimum atomic E-state index is -1.10. The van der Waals surface area contributed by atoms with E-state index in [-0.39, 0.29) is 6.54 Å². The van der Waals surface area contributed by atoms with Crippen LogP contribution in [0.1, 0.15) is 11.1 Å². The molecule has 0 aliphatic carbocycles. The van der Waals surface area contributed by atoms with Gasteiger partial charge in [0.05, 0.1) is 6.54 Å². The van der Waals surface area contributed by atoms with Gasteiger partial charge >= 0.3 is 5.97 Å². The van der Waals surface area contributed by atoms with Crippen LogP contribution in [0, 0.1) is 0 Å². The van der Waals surface area contributed by atoms with Crippen LogP contribution in [0.4, 0.5) is 0 Å². The third-order valence-electron chi connectivity index (χ3n) is 3.03. The Labute approximate surface area is 123 Å². The fourth-order valence-electron chi connectivity index (χ4n) is 1.94. The number of carboxylic acid groups (broad SMARTS) is 1. The molecule has 0 bridgehead atoms. The molecule has 0 aliphatic heterocycles. The summed E-state index contributed by atoms with van der Waals surface area (Å²) in [6, 6.07) is 17.5. The van der Waals surface area contributed by atoms with Gasteiger partial charge in [-0.15, -0.1) is 0 Å². The van der Waals surface area contributed by atoms with E-state index < -0.39 is 12.0 Å². The maximum atomic E-state index is 11.3. The summed E-state index contributed by atoms with van der Waals surface area (Å²) in [5.41, 5.74) is 1.73. The van der Waals surface area contributed by atoms with Crippen LogP contribution < -0.4 is 0 Å². The summed E-state index contributed by atoms with van der Waals surface area (Å²) in [5, 5.41) is 20.1. The van der Waals surface area contributed by atoms with Crippen molar-refractivity contribution < 1.29 is 15.1 Å². The molecule has 0 aliphatic rings. The van der Waals surface area contributed by atoms with Crippen molar-refractivity contribution in [3.05, 3.63) is 77.9 Å². The number of carbonyl (C=O) groups is 1. The molecule has 0 saturated carbocycles. The van der Waals surface area contributed by atoms with Crippen molar-refractivity contribution in [2.75, 3.05) is 0 Å². The van der Waals surface area contributed by atoms with Crippen LogP contribution in [0.2, 0.25) is 0 Å². The number of benzene rings is 2. The monoisotopic (exact) mass is 283 g/mol. The predicted octanol–water partition coefficient (Wildman–Crippen LogP) is 3.04. The number of aliphatic carboxylic acids is 1. The minimum Gasteiger partial charge on any atom is -0.480 e. The maximum Gasteiger partial charge on any atom is 0.327 e. The first kappa shape index (κ1) is 15.0. The number of hydroxylamine groups is 2. The Morgan fingerprint density at radius 1 is 1.05 bits per heavy atom. The van der Waals surface area contributed by atoms with Crippen molar-refractivity contribution in [3.8, 4) is 0 Å². The van der Waals surface area contributed by atoms with Crippen LogP contribution in [0.25, 0.3) is 6.08 Å². The fraction of sp³-hybridized carbons (Fsp3) is 0.118. The third-order valence-corrected chi connectivity index (χ3v) is 3.03. The Hall–Kier alpha value is -2.43. The van der Waals surface area contributed by atoms with E-state index in [4.69, 9.17) is 0 Å². The van der Waals surface area contributed by atoms with Crippen molar-refractivity contribution in [2.45, 2.75) is 12.6 Å². The highest BCUT2D eigenvalue weighted by molar-refractivity contribution is 5.77. The van der Waals surface area contributed by atoms with Crippen LogP contribution >= 0.6 is 0 Å². The van der Waals surface area contributed by atoms with E-state index >= 15 is 0 Å². The lowest BCUT2D eigenvalue weighted by Gasteiger charge is -2.19. The molecule has 0 radical (unpaired) electrons. The molecule has 0 aromatic heterocycles. The summed E-state index contributed by atoms with van der Waals surface area (Å²) in [4.78, 5) is 11.3. The van der Waals surface area contributed by atoms with Gasteiger partial charge in [0.15, 0.2) is 6.04 Å². The minimum absolute atomic E-state index is 0.150. The second kappa shape index (κ2) is 7.38. The lowest BCUT2D eigenvalue weighted by molar-refractivity contribution is -0.165. The fourth-order valence-corrected chi connectivity index (χ4v) is 1.94. The number of hydrogen-bond acceptors (Lipinski definition) is 3. The van der Waals surface area contributed by atoms with Gasteiger partial charge in [0, 0.05) is 0 Å². The molecule has 0 spiro atoms. The first-order chi connectivity index (χ1) is 10.2. The van der Waals surface area contributed by atoms with E-state index in [9.17, 15) is 15.1 Å². The van der Waals surface area contributed by atoms with E-state index in [0.717, 1.165) is 16.2 Å². The van der Waals surface area contributed by atoms with Crippen LogP contribution in [-0.2, 0) is 11.3 Å². The molecule has 0 saturated heterocycles. The molecule has 0 fully saturated rings. The van der Waals surface area contributed by atoms with Crippen molar-refractivity contribution in [3.63, 3.8) is 0 Å². The SMILES string of the molecule is O=C(O)C(C=Cc1ccccc1)N(O)Cc1ccccc1. The highest BCUT2D eigenvalue weighted by Crippen LogP contribution is 2.09. The van der Waals surface area contributed by atoms with Gasteiger partial charge in [-0.05, 0) is 11.1 Å². The quantitative estimate of drug-likeness (QED) is 0.800. The second-order valence-electron chi connectivity index (χ2n) is 4.64. The molecule has 2 rings (SSSR count). The van der Waals surface area contributed by atoms with Crippen molar-refractivity contribution in [2.24, 2.45) is 0 Å². The van der Waals surface area contributed by atoms with Crippen molar-refractivity contribution in [1.82, 2.24) is 5.06 Å². The van der Waals surface area contributed by atoms with Crippen LogP contribution in [0.3, 0.4) is 0 Å². The van der Waals surface area contributed by atoms with Gasteiger partial charge in [0.1, 0.15) is 0 Å². The first-order valence-corrected chi connectivity index (χ1v) is 6.62. The van der Waals surface area contributed by atoms with E-state index in [1.807, 2.05) is 60.7 Å². The average molecular weight is 283 g/mol. The predicted molar refractivity (Wildman–Crippen MR) is 80.7 cm³/mol.